The highest BCUT2D eigenvalue weighted by atomic mass is 16.5. The summed E-state index contributed by atoms with van der Waals surface area (Å²) in [5.41, 5.74) is 1.66. The van der Waals surface area contributed by atoms with E-state index in [2.05, 4.69) is 20.8 Å². The van der Waals surface area contributed by atoms with Crippen LogP contribution < -0.4 is 18.9 Å². The number of nitrogens with zero attached hydrogens (tertiary/aromatic N) is 1. The predicted molar refractivity (Wildman–Crippen MR) is 152 cm³/mol. The molecule has 0 aromatic heterocycles. The van der Waals surface area contributed by atoms with Crippen molar-refractivity contribution in [3.05, 3.63) is 89.0 Å². The molecule has 0 bridgehead atoms. The minimum absolute atomic E-state index is 0.0212. The zero-order chi connectivity index (χ0) is 29.0. The zero-order valence-electron chi connectivity index (χ0n) is 23.7. The van der Waals surface area contributed by atoms with Gasteiger partial charge in [-0.05, 0) is 65.1 Å². The summed E-state index contributed by atoms with van der Waals surface area (Å²) in [5.74, 6) is 0.444. The molecule has 210 valence electrons. The molecule has 0 radical (unpaired) electrons. The minimum Gasteiger partial charge on any atom is -0.507 e. The van der Waals surface area contributed by atoms with Crippen molar-refractivity contribution in [2.24, 2.45) is 0 Å². The van der Waals surface area contributed by atoms with Crippen LogP contribution in [0, 0.1) is 0 Å². The predicted octanol–water partition coefficient (Wildman–Crippen LogP) is 5.51. The Bertz CT molecular complexity index is 1420. The van der Waals surface area contributed by atoms with Crippen LogP contribution >= 0.6 is 0 Å². The summed E-state index contributed by atoms with van der Waals surface area (Å²) in [4.78, 5) is 28.3. The monoisotopic (exact) mass is 545 g/mol. The van der Waals surface area contributed by atoms with E-state index in [1.54, 1.807) is 74.9 Å². The van der Waals surface area contributed by atoms with Gasteiger partial charge in [-0.1, -0.05) is 39.0 Å². The first-order valence-electron chi connectivity index (χ1n) is 13.0. The summed E-state index contributed by atoms with van der Waals surface area (Å²) >= 11 is 0. The van der Waals surface area contributed by atoms with Crippen molar-refractivity contribution in [2.75, 3.05) is 34.5 Å². The zero-order valence-corrected chi connectivity index (χ0v) is 23.7. The molecule has 1 atom stereocenters. The summed E-state index contributed by atoms with van der Waals surface area (Å²) < 4.78 is 22.0. The Hall–Kier alpha value is -4.46. The van der Waals surface area contributed by atoms with Gasteiger partial charge in [0.15, 0.2) is 0 Å². The highest BCUT2D eigenvalue weighted by Gasteiger charge is 2.46. The number of hydrogen-bond acceptors (Lipinski definition) is 7. The first-order valence-corrected chi connectivity index (χ1v) is 13.0. The Balaban J connectivity index is 1.78. The molecule has 8 nitrogen and oxygen atoms in total. The number of carbonyl (C=O) groups excluding carboxylic acids is 2. The van der Waals surface area contributed by atoms with Gasteiger partial charge in [0, 0.05) is 0 Å². The number of aliphatic hydroxyl groups is 1. The van der Waals surface area contributed by atoms with E-state index in [0.29, 0.717) is 34.1 Å². The molecule has 4 rings (SSSR count). The highest BCUT2D eigenvalue weighted by molar-refractivity contribution is 6.46. The van der Waals surface area contributed by atoms with Crippen LogP contribution in [0.1, 0.15) is 43.5 Å². The average molecular weight is 546 g/mol. The third kappa shape index (κ3) is 5.76. The molecule has 8 heteroatoms. The van der Waals surface area contributed by atoms with Crippen molar-refractivity contribution in [3.8, 4) is 23.0 Å². The summed E-state index contributed by atoms with van der Waals surface area (Å²) in [6.45, 7) is 6.39. The largest absolute Gasteiger partial charge is 0.507 e. The maximum absolute atomic E-state index is 13.5. The molecule has 0 saturated carbocycles. The number of benzene rings is 3. The van der Waals surface area contributed by atoms with E-state index in [1.165, 1.54) is 12.0 Å². The number of ketones is 1. The van der Waals surface area contributed by atoms with Crippen LogP contribution in [0.3, 0.4) is 0 Å². The van der Waals surface area contributed by atoms with E-state index in [4.69, 9.17) is 18.9 Å². The molecular formula is C32H35NO7. The molecule has 1 aliphatic heterocycles. The van der Waals surface area contributed by atoms with E-state index in [-0.39, 0.29) is 29.9 Å². The van der Waals surface area contributed by atoms with Crippen LogP contribution in [-0.4, -0.2) is 56.2 Å². The number of amides is 1. The van der Waals surface area contributed by atoms with Gasteiger partial charge in [-0.25, -0.2) is 0 Å². The lowest BCUT2D eigenvalue weighted by atomic mass is 9.85. The van der Waals surface area contributed by atoms with E-state index < -0.39 is 17.7 Å². The third-order valence-electron chi connectivity index (χ3n) is 6.93. The molecule has 3 aromatic rings. The van der Waals surface area contributed by atoms with Gasteiger partial charge < -0.3 is 29.0 Å². The van der Waals surface area contributed by atoms with E-state index in [9.17, 15) is 14.7 Å². The molecule has 0 aliphatic carbocycles. The van der Waals surface area contributed by atoms with Crippen molar-refractivity contribution >= 4 is 17.4 Å². The van der Waals surface area contributed by atoms with Crippen molar-refractivity contribution in [1.82, 2.24) is 4.90 Å². The molecule has 3 aromatic carbocycles. The average Bonchev–Trinajstić information content (AvgIpc) is 3.21. The van der Waals surface area contributed by atoms with Crippen LogP contribution in [0.5, 0.6) is 23.0 Å². The topological polar surface area (TPSA) is 94.5 Å². The molecule has 1 amide bonds. The van der Waals surface area contributed by atoms with Gasteiger partial charge in [0.05, 0.1) is 45.1 Å². The molecule has 1 heterocycles. The quantitative estimate of drug-likeness (QED) is 0.215. The van der Waals surface area contributed by atoms with Gasteiger partial charge >= 0.3 is 0 Å². The number of rotatable bonds is 9. The number of carbonyl (C=O) groups is 2. The van der Waals surface area contributed by atoms with Crippen LogP contribution in [0.15, 0.2) is 72.3 Å². The maximum Gasteiger partial charge on any atom is 0.295 e. The Kier molecular flexibility index (Phi) is 8.38. The van der Waals surface area contributed by atoms with Gasteiger partial charge in [0.1, 0.15) is 35.4 Å². The second-order valence-electron chi connectivity index (χ2n) is 10.5. The SMILES string of the molecule is COc1ccc(OCCN2C(=O)C(=O)/C(=C(/O)c3cc(C(C)(C)C)ccc3OC)C2c2cccc(OC)c2)cc1. The Morgan fingerprint density at radius 3 is 2.15 bits per heavy atom. The Morgan fingerprint density at radius 2 is 1.52 bits per heavy atom. The number of hydrogen-bond donors (Lipinski definition) is 1. The van der Waals surface area contributed by atoms with Crippen molar-refractivity contribution in [1.29, 1.82) is 0 Å². The summed E-state index contributed by atoms with van der Waals surface area (Å²) in [6, 6.07) is 18.8. The van der Waals surface area contributed by atoms with Crippen molar-refractivity contribution in [2.45, 2.75) is 32.2 Å². The first-order chi connectivity index (χ1) is 19.1. The lowest BCUT2D eigenvalue weighted by molar-refractivity contribution is -0.140. The van der Waals surface area contributed by atoms with Crippen LogP contribution in [0.25, 0.3) is 5.76 Å². The molecule has 1 N–H and O–H groups in total. The van der Waals surface area contributed by atoms with Crippen LogP contribution in [-0.2, 0) is 15.0 Å². The molecule has 1 aliphatic rings. The van der Waals surface area contributed by atoms with Gasteiger partial charge in [0.2, 0.25) is 0 Å². The van der Waals surface area contributed by atoms with Gasteiger partial charge in [-0.2, -0.15) is 0 Å². The molecular weight excluding hydrogens is 510 g/mol. The van der Waals surface area contributed by atoms with Crippen molar-refractivity contribution in [3.63, 3.8) is 0 Å². The third-order valence-corrected chi connectivity index (χ3v) is 6.93. The molecule has 1 fully saturated rings. The molecule has 1 saturated heterocycles. The number of Topliss-reactive ketones (excluding diaryl/α,β-unsaturated/α-hetero) is 1. The number of methoxy groups -OCH3 is 3. The fourth-order valence-electron chi connectivity index (χ4n) is 4.71. The second-order valence-corrected chi connectivity index (χ2v) is 10.5. The van der Waals surface area contributed by atoms with Gasteiger partial charge in [-0.15, -0.1) is 0 Å². The van der Waals surface area contributed by atoms with Crippen LogP contribution in [0.2, 0.25) is 0 Å². The van der Waals surface area contributed by atoms with Crippen molar-refractivity contribution < 1.29 is 33.6 Å². The number of likely N-dealkylation sites (tertiary alicyclic amines) is 1. The fourth-order valence-corrected chi connectivity index (χ4v) is 4.71. The van der Waals surface area contributed by atoms with Crippen LogP contribution in [0.4, 0.5) is 0 Å². The van der Waals surface area contributed by atoms with E-state index >= 15 is 0 Å². The number of aliphatic hydroxyl groups excluding tert-OH is 1. The molecule has 1 unspecified atom stereocenters. The fraction of sp³-hybridized carbons (Fsp3) is 0.312. The Labute approximate surface area is 234 Å². The second kappa shape index (κ2) is 11.7. The minimum atomic E-state index is -0.863. The summed E-state index contributed by atoms with van der Waals surface area (Å²) in [7, 11) is 4.62. The lowest BCUT2D eigenvalue weighted by Crippen LogP contribution is -2.33. The molecule has 40 heavy (non-hydrogen) atoms. The number of ether oxygens (including phenoxy) is 4. The summed E-state index contributed by atoms with van der Waals surface area (Å²) in [5, 5.41) is 11.7. The summed E-state index contributed by atoms with van der Waals surface area (Å²) in [6.07, 6.45) is 0. The lowest BCUT2D eigenvalue weighted by Gasteiger charge is -2.26. The maximum atomic E-state index is 13.5. The standard InChI is InChI=1S/C32H35NO7/c1-32(2,3)21-10-15-26(39-6)25(19-21)29(34)27-28(20-8-7-9-24(18-20)38-5)33(31(36)30(27)35)16-17-40-23-13-11-22(37-4)12-14-23/h7-15,18-19,28,34H,16-17H2,1-6H3/b29-27+. The Morgan fingerprint density at radius 1 is 0.850 bits per heavy atom. The van der Waals surface area contributed by atoms with E-state index in [0.717, 1.165) is 5.56 Å². The smallest absolute Gasteiger partial charge is 0.295 e. The van der Waals surface area contributed by atoms with Gasteiger partial charge in [-0.3, -0.25) is 9.59 Å². The normalized spacial score (nSPS) is 16.6. The van der Waals surface area contributed by atoms with E-state index in [1.807, 2.05) is 6.07 Å². The van der Waals surface area contributed by atoms with Gasteiger partial charge in [0.25, 0.3) is 11.7 Å². The first kappa shape index (κ1) is 28.5. The highest BCUT2D eigenvalue weighted by Crippen LogP contribution is 2.42. The molecule has 0 spiro atoms.